The summed E-state index contributed by atoms with van der Waals surface area (Å²) in [6, 6.07) is 12.7. The number of likely N-dealkylation sites (N-methyl/N-ethyl adjacent to an activating group) is 1. The van der Waals surface area contributed by atoms with Crippen LogP contribution in [0.25, 0.3) is 0 Å². The topological polar surface area (TPSA) is 104 Å². The molecule has 140 valence electrons. The maximum absolute atomic E-state index is 12.2. The molecule has 4 rings (SSSR count). The van der Waals surface area contributed by atoms with Gasteiger partial charge in [-0.05, 0) is 17.7 Å². The monoisotopic (exact) mass is 367 g/mol. The molecule has 0 bridgehead atoms. The van der Waals surface area contributed by atoms with Crippen LogP contribution in [0.15, 0.2) is 48.7 Å². The fraction of sp³-hybridized carbons (Fsp3) is 0.316. The highest BCUT2D eigenvalue weighted by Gasteiger charge is 2.48. The van der Waals surface area contributed by atoms with Crippen LogP contribution < -0.4 is 26.2 Å². The normalized spacial score (nSPS) is 26.8. The van der Waals surface area contributed by atoms with Gasteiger partial charge in [-0.15, -0.1) is 0 Å². The van der Waals surface area contributed by atoms with Crippen molar-refractivity contribution < 1.29 is 14.3 Å². The van der Waals surface area contributed by atoms with E-state index in [2.05, 4.69) is 26.5 Å². The Bertz CT molecular complexity index is 827. The van der Waals surface area contributed by atoms with Gasteiger partial charge in [0, 0.05) is 37.6 Å². The van der Waals surface area contributed by atoms with Crippen molar-refractivity contribution in [3.8, 4) is 11.6 Å². The lowest BCUT2D eigenvalue weighted by Gasteiger charge is -2.35. The van der Waals surface area contributed by atoms with E-state index in [1.165, 1.54) is 0 Å². The average Bonchev–Trinajstić information content (AvgIpc) is 3.12. The van der Waals surface area contributed by atoms with Crippen LogP contribution in [-0.4, -0.2) is 36.1 Å². The van der Waals surface area contributed by atoms with Crippen LogP contribution in [0.2, 0.25) is 0 Å². The van der Waals surface area contributed by atoms with Crippen molar-refractivity contribution in [3.05, 3.63) is 54.2 Å². The number of amides is 2. The first kappa shape index (κ1) is 17.4. The van der Waals surface area contributed by atoms with Gasteiger partial charge >= 0.3 is 0 Å². The zero-order valence-corrected chi connectivity index (χ0v) is 14.8. The molecule has 2 aliphatic rings. The van der Waals surface area contributed by atoms with Gasteiger partial charge in [0.05, 0.1) is 6.17 Å². The summed E-state index contributed by atoms with van der Waals surface area (Å²) in [7, 11) is 1.60. The lowest BCUT2D eigenvalue weighted by atomic mass is 9.76. The molecule has 1 aromatic carbocycles. The molecule has 0 saturated carbocycles. The van der Waals surface area contributed by atoms with E-state index in [1.807, 2.05) is 36.4 Å². The van der Waals surface area contributed by atoms with Gasteiger partial charge in [0.25, 0.3) is 0 Å². The number of carbonyl (C=O) groups is 2. The summed E-state index contributed by atoms with van der Waals surface area (Å²) in [6.45, 7) is 0. The molecule has 2 amide bonds. The second-order valence-corrected chi connectivity index (χ2v) is 6.66. The number of hydrazine groups is 1. The minimum absolute atomic E-state index is 0.0577. The molecule has 3 heterocycles. The van der Waals surface area contributed by atoms with Crippen LogP contribution in [-0.2, 0) is 9.59 Å². The van der Waals surface area contributed by atoms with Crippen molar-refractivity contribution in [2.24, 2.45) is 5.92 Å². The first-order chi connectivity index (χ1) is 13.2. The zero-order valence-electron chi connectivity index (χ0n) is 14.8. The number of hydrogen-bond donors (Lipinski definition) is 4. The summed E-state index contributed by atoms with van der Waals surface area (Å²) in [5.41, 5.74) is 6.90. The third-order valence-corrected chi connectivity index (χ3v) is 5.03. The molecule has 4 N–H and O–H groups in total. The van der Waals surface area contributed by atoms with E-state index in [1.54, 1.807) is 19.3 Å². The first-order valence-corrected chi connectivity index (χ1v) is 8.86. The zero-order chi connectivity index (χ0) is 18.8. The number of fused-ring (bicyclic) bond motifs is 1. The Morgan fingerprint density at radius 2 is 2.00 bits per heavy atom. The highest BCUT2D eigenvalue weighted by molar-refractivity contribution is 5.84. The minimum atomic E-state index is -0.439. The van der Waals surface area contributed by atoms with E-state index in [4.69, 9.17) is 4.74 Å². The number of carbonyl (C=O) groups excluding carboxylic acids is 2. The van der Waals surface area contributed by atoms with E-state index in [0.29, 0.717) is 18.1 Å². The maximum atomic E-state index is 12.2. The Morgan fingerprint density at radius 1 is 1.19 bits per heavy atom. The predicted octanol–water partition coefficient (Wildman–Crippen LogP) is 0.642. The summed E-state index contributed by atoms with van der Waals surface area (Å²) in [6.07, 6.45) is 1.72. The molecule has 4 unspecified atom stereocenters. The lowest BCUT2D eigenvalue weighted by Crippen LogP contribution is -2.53. The van der Waals surface area contributed by atoms with E-state index in [9.17, 15) is 9.59 Å². The molecule has 27 heavy (non-hydrogen) atoms. The number of benzene rings is 1. The smallest absolute Gasteiger partial charge is 0.238 e. The summed E-state index contributed by atoms with van der Waals surface area (Å²) >= 11 is 0. The molecule has 2 saturated heterocycles. The Hall–Kier alpha value is -2.97. The number of para-hydroxylation sites is 1. The van der Waals surface area contributed by atoms with Crippen LogP contribution in [0.5, 0.6) is 11.6 Å². The van der Waals surface area contributed by atoms with Gasteiger partial charge in [-0.25, -0.2) is 15.8 Å². The van der Waals surface area contributed by atoms with Gasteiger partial charge in [-0.3, -0.25) is 9.59 Å². The number of nitrogens with zero attached hydrogens (tertiary/aromatic N) is 1. The molecule has 8 nitrogen and oxygen atoms in total. The second kappa shape index (κ2) is 7.34. The van der Waals surface area contributed by atoms with Crippen LogP contribution in [0.3, 0.4) is 0 Å². The number of pyridine rings is 1. The molecule has 2 fully saturated rings. The predicted molar refractivity (Wildman–Crippen MR) is 97.7 cm³/mol. The van der Waals surface area contributed by atoms with Crippen LogP contribution in [0.1, 0.15) is 17.9 Å². The molecule has 0 aliphatic carbocycles. The number of ether oxygens (including phenoxy) is 1. The van der Waals surface area contributed by atoms with Gasteiger partial charge in [-0.1, -0.05) is 24.3 Å². The van der Waals surface area contributed by atoms with E-state index in [-0.39, 0.29) is 29.8 Å². The van der Waals surface area contributed by atoms with Gasteiger partial charge < -0.3 is 15.4 Å². The van der Waals surface area contributed by atoms with Crippen molar-refractivity contribution in [1.29, 1.82) is 0 Å². The summed E-state index contributed by atoms with van der Waals surface area (Å²) in [4.78, 5) is 28.7. The van der Waals surface area contributed by atoms with E-state index >= 15 is 0 Å². The van der Waals surface area contributed by atoms with Crippen molar-refractivity contribution in [2.75, 3.05) is 7.05 Å². The average molecular weight is 367 g/mol. The Labute approximate surface area is 156 Å². The molecule has 2 aromatic rings. The van der Waals surface area contributed by atoms with Gasteiger partial charge in [-0.2, -0.15) is 0 Å². The molecule has 1 aromatic heterocycles. The fourth-order valence-corrected chi connectivity index (χ4v) is 3.75. The SMILES string of the molecule is CNC(=O)C1NNC2NC(=O)CC(c3ccc(Oc4ccccc4)nc3)C21. The number of hydrogen-bond acceptors (Lipinski definition) is 6. The maximum Gasteiger partial charge on any atom is 0.238 e. The quantitative estimate of drug-likeness (QED) is 0.632. The van der Waals surface area contributed by atoms with Gasteiger partial charge in [0.15, 0.2) is 0 Å². The molecular formula is C19H21N5O3. The van der Waals surface area contributed by atoms with Crippen LogP contribution in [0, 0.1) is 5.92 Å². The third kappa shape index (κ3) is 3.49. The van der Waals surface area contributed by atoms with Gasteiger partial charge in [0.1, 0.15) is 11.8 Å². The number of aromatic nitrogens is 1. The molecule has 8 heteroatoms. The van der Waals surface area contributed by atoms with Crippen molar-refractivity contribution in [2.45, 2.75) is 24.5 Å². The third-order valence-electron chi connectivity index (χ3n) is 5.03. The van der Waals surface area contributed by atoms with Crippen LogP contribution >= 0.6 is 0 Å². The van der Waals surface area contributed by atoms with Crippen LogP contribution in [0.4, 0.5) is 0 Å². The Kier molecular flexibility index (Phi) is 4.74. The van der Waals surface area contributed by atoms with Crippen molar-refractivity contribution in [1.82, 2.24) is 26.5 Å². The largest absolute Gasteiger partial charge is 0.439 e. The Morgan fingerprint density at radius 3 is 2.70 bits per heavy atom. The number of piperidine rings is 1. The second-order valence-electron chi connectivity index (χ2n) is 6.66. The van der Waals surface area contributed by atoms with Crippen molar-refractivity contribution >= 4 is 11.8 Å². The molecular weight excluding hydrogens is 346 g/mol. The highest BCUT2D eigenvalue weighted by Crippen LogP contribution is 2.37. The lowest BCUT2D eigenvalue weighted by molar-refractivity contribution is -0.128. The molecule has 2 aliphatic heterocycles. The first-order valence-electron chi connectivity index (χ1n) is 8.86. The highest BCUT2D eigenvalue weighted by atomic mass is 16.5. The molecule has 0 spiro atoms. The Balaban J connectivity index is 1.56. The molecule has 0 radical (unpaired) electrons. The van der Waals surface area contributed by atoms with Crippen molar-refractivity contribution in [3.63, 3.8) is 0 Å². The standard InChI is InChI=1S/C19H21N5O3/c1-20-19(26)17-16-13(9-14(25)22-18(16)24-23-17)11-7-8-15(21-10-11)27-12-5-3-2-4-6-12/h2-8,10,13,16-18,23-24H,9H2,1H3,(H,20,26)(H,22,25). The van der Waals surface area contributed by atoms with E-state index < -0.39 is 6.04 Å². The fourth-order valence-electron chi connectivity index (χ4n) is 3.75. The summed E-state index contributed by atoms with van der Waals surface area (Å²) in [5, 5.41) is 5.56. The summed E-state index contributed by atoms with van der Waals surface area (Å²) < 4.78 is 5.73. The minimum Gasteiger partial charge on any atom is -0.439 e. The number of nitrogens with one attached hydrogen (secondary N) is 4. The number of rotatable bonds is 4. The molecule has 4 atom stereocenters. The summed E-state index contributed by atoms with van der Waals surface area (Å²) in [5.74, 6) is 0.758. The van der Waals surface area contributed by atoms with Gasteiger partial charge in [0.2, 0.25) is 17.7 Å². The van der Waals surface area contributed by atoms with E-state index in [0.717, 1.165) is 5.56 Å².